The van der Waals surface area contributed by atoms with E-state index in [-0.39, 0.29) is 22.6 Å². The van der Waals surface area contributed by atoms with E-state index < -0.39 is 9.84 Å². The Morgan fingerprint density at radius 2 is 2.05 bits per heavy atom. The van der Waals surface area contributed by atoms with Gasteiger partial charge >= 0.3 is 0 Å². The Labute approximate surface area is 133 Å². The molecule has 1 aromatic rings. The number of nitrogens with zero attached hydrogens (tertiary/aromatic N) is 1. The van der Waals surface area contributed by atoms with Gasteiger partial charge < -0.3 is 4.90 Å². The quantitative estimate of drug-likeness (QED) is 0.817. The van der Waals surface area contributed by atoms with Gasteiger partial charge in [-0.2, -0.15) is 0 Å². The molecule has 2 aliphatic rings. The van der Waals surface area contributed by atoms with E-state index in [0.717, 1.165) is 18.4 Å². The summed E-state index contributed by atoms with van der Waals surface area (Å²) in [5.74, 6) is 0.434. The van der Waals surface area contributed by atoms with E-state index in [1.165, 1.54) is 0 Å². The van der Waals surface area contributed by atoms with E-state index >= 15 is 0 Å². The molecule has 1 heterocycles. The van der Waals surface area contributed by atoms with E-state index in [9.17, 15) is 13.2 Å². The van der Waals surface area contributed by atoms with Crippen molar-refractivity contribution in [2.24, 2.45) is 5.92 Å². The van der Waals surface area contributed by atoms with E-state index in [1.807, 2.05) is 11.0 Å². The molecule has 0 saturated heterocycles. The molecule has 1 aliphatic carbocycles. The predicted molar refractivity (Wildman–Crippen MR) is 83.9 cm³/mol. The summed E-state index contributed by atoms with van der Waals surface area (Å²) in [7, 11) is -3.41. The van der Waals surface area contributed by atoms with E-state index in [2.05, 4.69) is 22.9 Å². The molecule has 0 radical (unpaired) electrons. The van der Waals surface area contributed by atoms with E-state index in [1.54, 1.807) is 13.0 Å². The molecule has 0 spiro atoms. The number of sulfone groups is 1. The average molecular weight is 372 g/mol. The molecule has 0 aromatic heterocycles. The van der Waals surface area contributed by atoms with Gasteiger partial charge in [0.25, 0.3) is 5.91 Å². The number of rotatable bonds is 4. The topological polar surface area (TPSA) is 54.5 Å². The van der Waals surface area contributed by atoms with Gasteiger partial charge in [-0.15, -0.1) is 0 Å². The molecule has 114 valence electrons. The molecule has 0 bridgehead atoms. The summed E-state index contributed by atoms with van der Waals surface area (Å²) in [6.45, 7) is 4.18. The van der Waals surface area contributed by atoms with Gasteiger partial charge in [0, 0.05) is 17.1 Å². The molecule has 6 heteroatoms. The molecule has 1 amide bonds. The van der Waals surface area contributed by atoms with Crippen LogP contribution >= 0.6 is 15.9 Å². The van der Waals surface area contributed by atoms with Gasteiger partial charge in [-0.25, -0.2) is 8.42 Å². The van der Waals surface area contributed by atoms with Gasteiger partial charge in [-0.1, -0.05) is 22.9 Å². The molecule has 0 N–H and O–H groups in total. The van der Waals surface area contributed by atoms with Gasteiger partial charge in [-0.05, 0) is 43.4 Å². The molecule has 1 fully saturated rings. The second-order valence-electron chi connectivity index (χ2n) is 5.85. The summed E-state index contributed by atoms with van der Waals surface area (Å²) in [6.07, 6.45) is 2.32. The molecule has 1 saturated carbocycles. The third kappa shape index (κ3) is 2.52. The van der Waals surface area contributed by atoms with Crippen LogP contribution in [-0.4, -0.2) is 31.0 Å². The van der Waals surface area contributed by atoms with Gasteiger partial charge in [0.2, 0.25) is 0 Å². The number of carbonyl (C=O) groups is 1. The summed E-state index contributed by atoms with van der Waals surface area (Å²) in [4.78, 5) is 14.7. The highest BCUT2D eigenvalue weighted by molar-refractivity contribution is 9.10. The molecule has 3 rings (SSSR count). The molecule has 1 aromatic carbocycles. The van der Waals surface area contributed by atoms with Crippen LogP contribution in [0.2, 0.25) is 0 Å². The van der Waals surface area contributed by atoms with Crippen molar-refractivity contribution in [3.63, 3.8) is 0 Å². The lowest BCUT2D eigenvalue weighted by molar-refractivity contribution is 0.0694. The SMILES string of the molecule is CCS(=O)(=O)c1cc(Br)cc2c1C(=O)N([C@@H](C)C1CC1)C2. The first-order chi connectivity index (χ1) is 9.85. The molecule has 1 atom stereocenters. The fourth-order valence-electron chi connectivity index (χ4n) is 2.97. The smallest absolute Gasteiger partial charge is 0.256 e. The van der Waals surface area contributed by atoms with Crippen LogP contribution < -0.4 is 0 Å². The number of hydrogen-bond acceptors (Lipinski definition) is 3. The number of carbonyl (C=O) groups excluding carboxylic acids is 1. The standard InChI is InChI=1S/C15H18BrNO3S/c1-3-21(19,20)13-7-12(16)6-11-8-17(15(18)14(11)13)9(2)10-4-5-10/h6-7,9-10H,3-5,8H2,1-2H3/t9-/m0/s1. The number of benzene rings is 1. The number of halogens is 1. The highest BCUT2D eigenvalue weighted by Gasteiger charge is 2.40. The summed E-state index contributed by atoms with van der Waals surface area (Å²) >= 11 is 3.36. The molecular weight excluding hydrogens is 354 g/mol. The van der Waals surface area contributed by atoms with Crippen molar-refractivity contribution in [2.45, 2.75) is 44.2 Å². The monoisotopic (exact) mass is 371 g/mol. The molecule has 0 unspecified atom stereocenters. The lowest BCUT2D eigenvalue weighted by atomic mass is 10.1. The Morgan fingerprint density at radius 1 is 1.38 bits per heavy atom. The first kappa shape index (κ1) is 15.0. The fraction of sp³-hybridized carbons (Fsp3) is 0.533. The third-order valence-electron chi connectivity index (χ3n) is 4.47. The Bertz CT molecular complexity index is 710. The van der Waals surface area contributed by atoms with Gasteiger partial charge in [0.05, 0.1) is 16.2 Å². The largest absolute Gasteiger partial charge is 0.331 e. The Morgan fingerprint density at radius 3 is 2.62 bits per heavy atom. The normalized spacial score (nSPS) is 19.8. The van der Waals surface area contributed by atoms with E-state index in [0.29, 0.717) is 22.5 Å². The average Bonchev–Trinajstić information content (AvgIpc) is 3.22. The van der Waals surface area contributed by atoms with Gasteiger partial charge in [-0.3, -0.25) is 4.79 Å². The van der Waals surface area contributed by atoms with Crippen LogP contribution in [0.1, 0.15) is 42.6 Å². The Hall–Kier alpha value is -0.880. The summed E-state index contributed by atoms with van der Waals surface area (Å²) in [5.41, 5.74) is 1.20. The maximum atomic E-state index is 12.7. The zero-order chi connectivity index (χ0) is 15.4. The van der Waals surface area contributed by atoms with Crippen LogP contribution in [0, 0.1) is 5.92 Å². The Balaban J connectivity index is 2.08. The maximum absolute atomic E-state index is 12.7. The van der Waals surface area contributed by atoms with Crippen LogP contribution in [0.5, 0.6) is 0 Å². The van der Waals surface area contributed by atoms with Gasteiger partial charge in [0.1, 0.15) is 0 Å². The third-order valence-corrected chi connectivity index (χ3v) is 6.68. The minimum atomic E-state index is -3.41. The lowest BCUT2D eigenvalue weighted by Crippen LogP contribution is -2.35. The van der Waals surface area contributed by atoms with Crippen molar-refractivity contribution in [2.75, 3.05) is 5.75 Å². The highest BCUT2D eigenvalue weighted by atomic mass is 79.9. The van der Waals surface area contributed by atoms with Crippen LogP contribution in [-0.2, 0) is 16.4 Å². The van der Waals surface area contributed by atoms with Crippen molar-refractivity contribution in [3.05, 3.63) is 27.7 Å². The Kier molecular flexibility index (Phi) is 3.64. The van der Waals surface area contributed by atoms with Gasteiger partial charge in [0.15, 0.2) is 9.84 Å². The lowest BCUT2D eigenvalue weighted by Gasteiger charge is -2.24. The molecule has 4 nitrogen and oxygen atoms in total. The second-order valence-corrected chi connectivity index (χ2v) is 9.01. The highest BCUT2D eigenvalue weighted by Crippen LogP contribution is 2.40. The van der Waals surface area contributed by atoms with Crippen LogP contribution in [0.15, 0.2) is 21.5 Å². The van der Waals surface area contributed by atoms with Crippen molar-refractivity contribution in [1.29, 1.82) is 0 Å². The summed E-state index contributed by atoms with van der Waals surface area (Å²) in [5, 5.41) is 0. The van der Waals surface area contributed by atoms with E-state index in [4.69, 9.17) is 0 Å². The fourth-order valence-corrected chi connectivity index (χ4v) is 4.77. The number of amides is 1. The van der Waals surface area contributed by atoms with Crippen LogP contribution in [0.4, 0.5) is 0 Å². The zero-order valence-corrected chi connectivity index (χ0v) is 14.5. The molecular formula is C15H18BrNO3S. The molecule has 1 aliphatic heterocycles. The van der Waals surface area contributed by atoms with Crippen molar-refractivity contribution in [1.82, 2.24) is 4.90 Å². The first-order valence-electron chi connectivity index (χ1n) is 7.21. The van der Waals surface area contributed by atoms with Crippen molar-refractivity contribution >= 4 is 31.7 Å². The first-order valence-corrected chi connectivity index (χ1v) is 9.66. The van der Waals surface area contributed by atoms with Crippen LogP contribution in [0.25, 0.3) is 0 Å². The summed E-state index contributed by atoms with van der Waals surface area (Å²) in [6, 6.07) is 3.60. The maximum Gasteiger partial charge on any atom is 0.256 e. The minimum absolute atomic E-state index is 0.00134. The van der Waals surface area contributed by atoms with Crippen molar-refractivity contribution < 1.29 is 13.2 Å². The van der Waals surface area contributed by atoms with Crippen LogP contribution in [0.3, 0.4) is 0 Å². The summed E-state index contributed by atoms with van der Waals surface area (Å²) < 4.78 is 25.3. The zero-order valence-electron chi connectivity index (χ0n) is 12.1. The predicted octanol–water partition coefficient (Wildman–Crippen LogP) is 3.00. The number of fused-ring (bicyclic) bond motifs is 1. The second kappa shape index (κ2) is 5.09. The molecule has 21 heavy (non-hydrogen) atoms. The van der Waals surface area contributed by atoms with Crippen molar-refractivity contribution in [3.8, 4) is 0 Å². The minimum Gasteiger partial charge on any atom is -0.331 e. The number of hydrogen-bond donors (Lipinski definition) is 0.